The van der Waals surface area contributed by atoms with Crippen molar-refractivity contribution in [2.24, 2.45) is 0 Å². The summed E-state index contributed by atoms with van der Waals surface area (Å²) in [5.74, 6) is 0.269. The Morgan fingerprint density at radius 3 is 2.36 bits per heavy atom. The van der Waals surface area contributed by atoms with E-state index in [2.05, 4.69) is 28.6 Å². The summed E-state index contributed by atoms with van der Waals surface area (Å²) < 4.78 is 0. The van der Waals surface area contributed by atoms with Crippen molar-refractivity contribution in [2.75, 3.05) is 11.2 Å². The molecular weight excluding hydrogens is 293 g/mol. The third kappa shape index (κ3) is 3.75. The summed E-state index contributed by atoms with van der Waals surface area (Å²) in [6.45, 7) is 6.69. The van der Waals surface area contributed by atoms with Crippen molar-refractivity contribution in [3.8, 4) is 0 Å². The zero-order valence-corrected chi connectivity index (χ0v) is 14.9. The van der Waals surface area contributed by atoms with Crippen LogP contribution in [0.4, 0.5) is 5.69 Å². The largest absolute Gasteiger partial charge is 0.274 e. The molecule has 1 saturated heterocycles. The molecule has 118 valence electrons. The Hall–Kier alpha value is -1.23. The highest BCUT2D eigenvalue weighted by Crippen LogP contribution is 2.35. The number of carbonyl (C=O) groups is 2. The van der Waals surface area contributed by atoms with Gasteiger partial charge >= 0.3 is 0 Å². The lowest BCUT2D eigenvalue weighted by molar-refractivity contribution is -0.121. The number of anilines is 1. The maximum absolute atomic E-state index is 12.2. The van der Waals surface area contributed by atoms with Crippen LogP contribution in [0, 0.1) is 0 Å². The number of carbonyl (C=O) groups excluding carboxylic acids is 2. The molecule has 1 aromatic carbocycles. The molecule has 2 atom stereocenters. The molecule has 0 saturated carbocycles. The molecular formula is C17H24BNO2S. The van der Waals surface area contributed by atoms with Crippen molar-refractivity contribution in [2.45, 2.75) is 50.1 Å². The Balaban J connectivity index is 2.16. The molecule has 1 heterocycles. The first kappa shape index (κ1) is 17.1. The van der Waals surface area contributed by atoms with Gasteiger partial charge in [-0.1, -0.05) is 38.2 Å². The minimum Gasteiger partial charge on any atom is -0.274 e. The number of hydrogen-bond acceptors (Lipinski definition) is 3. The normalized spacial score (nSPS) is 20.5. The van der Waals surface area contributed by atoms with Crippen LogP contribution in [-0.2, 0) is 9.59 Å². The van der Waals surface area contributed by atoms with Crippen molar-refractivity contribution in [1.82, 2.24) is 0 Å². The fourth-order valence-corrected chi connectivity index (χ4v) is 3.66. The van der Waals surface area contributed by atoms with Gasteiger partial charge in [0.05, 0.1) is 10.9 Å². The fraction of sp³-hybridized carbons (Fsp3) is 0.529. The Morgan fingerprint density at radius 1 is 1.32 bits per heavy atom. The molecule has 0 radical (unpaired) electrons. The van der Waals surface area contributed by atoms with Crippen molar-refractivity contribution in [3.63, 3.8) is 0 Å². The number of amides is 2. The SMILES string of the molecule is BC(C)(C)CC(C)c1ccc(N2C(=O)CC(SC)C2=O)cc1. The fourth-order valence-electron chi connectivity index (χ4n) is 3.05. The third-order valence-electron chi connectivity index (χ3n) is 4.03. The molecule has 5 heteroatoms. The van der Waals surface area contributed by atoms with Gasteiger partial charge in [-0.15, -0.1) is 0 Å². The second kappa shape index (κ2) is 6.49. The van der Waals surface area contributed by atoms with E-state index in [-0.39, 0.29) is 22.4 Å². The van der Waals surface area contributed by atoms with E-state index in [1.165, 1.54) is 22.2 Å². The molecule has 1 aromatic rings. The Bertz CT molecular complexity index is 565. The molecule has 0 aromatic heterocycles. The highest BCUT2D eigenvalue weighted by molar-refractivity contribution is 8.00. The van der Waals surface area contributed by atoms with Gasteiger partial charge in [0.15, 0.2) is 0 Å². The number of nitrogens with zero attached hydrogens (tertiary/aromatic N) is 1. The van der Waals surface area contributed by atoms with Crippen LogP contribution in [0.2, 0.25) is 5.31 Å². The summed E-state index contributed by atoms with van der Waals surface area (Å²) in [6.07, 6.45) is 3.28. The van der Waals surface area contributed by atoms with Crippen LogP contribution < -0.4 is 4.90 Å². The number of thioether (sulfide) groups is 1. The number of rotatable bonds is 5. The first-order valence-corrected chi connectivity index (χ1v) is 9.01. The molecule has 22 heavy (non-hydrogen) atoms. The van der Waals surface area contributed by atoms with E-state index < -0.39 is 0 Å². The van der Waals surface area contributed by atoms with E-state index >= 15 is 0 Å². The van der Waals surface area contributed by atoms with Crippen molar-refractivity contribution < 1.29 is 9.59 Å². The van der Waals surface area contributed by atoms with Gasteiger partial charge in [0.25, 0.3) is 0 Å². The first-order chi connectivity index (χ1) is 10.2. The summed E-state index contributed by atoms with van der Waals surface area (Å²) in [5, 5.41) is 0.0526. The number of benzene rings is 1. The minimum absolute atomic E-state index is 0.0898. The van der Waals surface area contributed by atoms with E-state index in [0.717, 1.165) is 6.42 Å². The quantitative estimate of drug-likeness (QED) is 0.619. The van der Waals surface area contributed by atoms with E-state index in [9.17, 15) is 9.59 Å². The summed E-state index contributed by atoms with van der Waals surface area (Å²) in [4.78, 5) is 25.6. The first-order valence-electron chi connectivity index (χ1n) is 7.72. The molecule has 3 nitrogen and oxygen atoms in total. The van der Waals surface area contributed by atoms with E-state index in [1.807, 2.05) is 30.5 Å². The Labute approximate surface area is 138 Å². The summed E-state index contributed by atoms with van der Waals surface area (Å²) in [5.41, 5.74) is 1.94. The van der Waals surface area contributed by atoms with Crippen LogP contribution >= 0.6 is 11.8 Å². The third-order valence-corrected chi connectivity index (χ3v) is 4.97. The molecule has 1 aliphatic heterocycles. The van der Waals surface area contributed by atoms with Gasteiger partial charge < -0.3 is 0 Å². The van der Waals surface area contributed by atoms with Gasteiger partial charge in [-0.25, -0.2) is 4.90 Å². The van der Waals surface area contributed by atoms with Crippen LogP contribution in [0.15, 0.2) is 24.3 Å². The van der Waals surface area contributed by atoms with Crippen LogP contribution in [0.1, 0.15) is 45.1 Å². The number of hydrogen-bond donors (Lipinski definition) is 0. The van der Waals surface area contributed by atoms with Gasteiger partial charge in [0.2, 0.25) is 11.8 Å². The Morgan fingerprint density at radius 2 is 1.91 bits per heavy atom. The molecule has 1 aliphatic rings. The van der Waals surface area contributed by atoms with Gasteiger partial charge in [0, 0.05) is 6.42 Å². The van der Waals surface area contributed by atoms with Crippen LogP contribution in [-0.4, -0.2) is 31.2 Å². The summed E-state index contributed by atoms with van der Waals surface area (Å²) in [6, 6.07) is 7.87. The zero-order chi connectivity index (χ0) is 16.5. The van der Waals surface area contributed by atoms with Gasteiger partial charge in [-0.3, -0.25) is 9.59 Å². The molecule has 2 unspecified atom stereocenters. The minimum atomic E-state index is -0.230. The van der Waals surface area contributed by atoms with Gasteiger partial charge in [-0.2, -0.15) is 11.8 Å². The van der Waals surface area contributed by atoms with E-state index in [0.29, 0.717) is 18.0 Å². The lowest BCUT2D eigenvalue weighted by Crippen LogP contribution is -2.31. The Kier molecular flexibility index (Phi) is 5.05. The predicted octanol–water partition coefficient (Wildman–Crippen LogP) is 3.01. The second-order valence-corrected chi connectivity index (χ2v) is 8.29. The summed E-state index contributed by atoms with van der Waals surface area (Å²) >= 11 is 1.45. The van der Waals surface area contributed by atoms with Crippen LogP contribution in [0.25, 0.3) is 0 Å². The molecule has 0 spiro atoms. The zero-order valence-electron chi connectivity index (χ0n) is 14.1. The average Bonchev–Trinajstić information content (AvgIpc) is 2.71. The van der Waals surface area contributed by atoms with Crippen molar-refractivity contribution in [1.29, 1.82) is 0 Å². The van der Waals surface area contributed by atoms with Crippen molar-refractivity contribution >= 4 is 37.1 Å². The highest BCUT2D eigenvalue weighted by atomic mass is 32.2. The molecule has 0 aliphatic carbocycles. The maximum atomic E-state index is 12.2. The number of imide groups is 1. The highest BCUT2D eigenvalue weighted by Gasteiger charge is 2.38. The van der Waals surface area contributed by atoms with Gasteiger partial charge in [-0.05, 0) is 36.3 Å². The maximum Gasteiger partial charge on any atom is 0.247 e. The lowest BCUT2D eigenvalue weighted by Gasteiger charge is -2.24. The molecule has 2 rings (SSSR count). The predicted molar refractivity (Wildman–Crippen MR) is 96.5 cm³/mol. The van der Waals surface area contributed by atoms with Crippen LogP contribution in [0.5, 0.6) is 0 Å². The van der Waals surface area contributed by atoms with E-state index in [1.54, 1.807) is 0 Å². The average molecular weight is 317 g/mol. The standard InChI is InChI=1S/C17H24BNO2S/c1-11(10-17(2,3)18)12-5-7-13(8-6-12)19-15(20)9-14(22-4)16(19)21/h5-8,11,14H,9-10,18H2,1-4H3. The molecule has 2 amide bonds. The van der Waals surface area contributed by atoms with Crippen LogP contribution in [0.3, 0.4) is 0 Å². The monoisotopic (exact) mass is 317 g/mol. The topological polar surface area (TPSA) is 37.4 Å². The summed E-state index contributed by atoms with van der Waals surface area (Å²) in [7, 11) is 2.24. The molecule has 0 N–H and O–H groups in total. The molecule has 0 bridgehead atoms. The van der Waals surface area contributed by atoms with E-state index in [4.69, 9.17) is 0 Å². The second-order valence-electron chi connectivity index (χ2n) is 7.25. The lowest BCUT2D eigenvalue weighted by atomic mass is 9.66. The molecule has 1 fully saturated rings. The van der Waals surface area contributed by atoms with Gasteiger partial charge in [0.1, 0.15) is 7.85 Å². The smallest absolute Gasteiger partial charge is 0.247 e. The van der Waals surface area contributed by atoms with Crippen molar-refractivity contribution in [3.05, 3.63) is 29.8 Å².